The molecule has 98 valence electrons. The Morgan fingerprint density at radius 3 is 1.47 bits per heavy atom. The molecule has 0 aromatic carbocycles. The molecule has 0 aromatic rings. The van der Waals surface area contributed by atoms with E-state index in [-0.39, 0.29) is 22.3 Å². The van der Waals surface area contributed by atoms with E-state index >= 15 is 0 Å². The molecule has 2 heteroatoms. The third-order valence-corrected chi connectivity index (χ3v) is 2.28. The monoisotopic (exact) mass is 237 g/mol. The highest BCUT2D eigenvalue weighted by atomic mass is 31.1. The fourth-order valence-corrected chi connectivity index (χ4v) is 1.30. The van der Waals surface area contributed by atoms with Crippen LogP contribution in [0.15, 0.2) is 4.74 Å². The fourth-order valence-electron chi connectivity index (χ4n) is 0.506. The third-order valence-electron chi connectivity index (χ3n) is 1.37. The predicted octanol–water partition coefficient (Wildman–Crippen LogP) is 6.65. The Labute approximate surface area is 102 Å². The molecule has 0 fully saturated rings. The van der Waals surface area contributed by atoms with Crippen molar-refractivity contribution in [2.75, 3.05) is 12.7 Å². The van der Waals surface area contributed by atoms with Gasteiger partial charge < -0.3 is 0 Å². The van der Waals surface area contributed by atoms with Crippen LogP contribution in [0.4, 0.5) is 0 Å². The van der Waals surface area contributed by atoms with Crippen LogP contribution < -0.4 is 0 Å². The second-order valence-corrected chi connectivity index (χ2v) is 3.45. The first kappa shape index (κ1) is 29.4. The Morgan fingerprint density at radius 1 is 0.933 bits per heavy atom. The minimum Gasteiger partial charge on any atom is -0.269 e. The summed E-state index contributed by atoms with van der Waals surface area (Å²) in [5.74, 6) is 0. The largest absolute Gasteiger partial charge is 0.269 e. The summed E-state index contributed by atoms with van der Waals surface area (Å²) in [4.78, 5) is 0. The number of hydrogen-bond donors (Lipinski definition) is 0. The number of nitrogens with zero attached hydrogens (tertiary/aromatic N) is 1. The van der Waals surface area contributed by atoms with Crippen molar-refractivity contribution in [2.24, 2.45) is 4.74 Å². The molecule has 1 aliphatic rings. The average molecular weight is 237 g/mol. The molecule has 0 amide bonds. The number of hydrogen-bond acceptors (Lipinski definition) is 1. The van der Waals surface area contributed by atoms with Crippen LogP contribution in [0.3, 0.4) is 0 Å². The molecular weight excluding hydrogens is 201 g/mol. The van der Waals surface area contributed by atoms with Crippen LogP contribution in [-0.4, -0.2) is 12.7 Å². The van der Waals surface area contributed by atoms with Gasteiger partial charge in [-0.05, 0) is 12.8 Å². The summed E-state index contributed by atoms with van der Waals surface area (Å²) in [6, 6.07) is 0. The summed E-state index contributed by atoms with van der Waals surface area (Å²) in [7, 11) is 1.32. The van der Waals surface area contributed by atoms with Crippen molar-refractivity contribution in [1.82, 2.24) is 0 Å². The van der Waals surface area contributed by atoms with Crippen molar-refractivity contribution < 1.29 is 0 Å². The molecule has 0 saturated heterocycles. The van der Waals surface area contributed by atoms with Gasteiger partial charge in [-0.3, -0.25) is 4.74 Å². The summed E-state index contributed by atoms with van der Waals surface area (Å²) < 4.78 is 4.15. The second kappa shape index (κ2) is 36.9. The molecule has 0 aliphatic carbocycles. The SMILES string of the molecule is C.C.C.C1CCP=NC1.CC.CCCC. The molecule has 0 saturated carbocycles. The Kier molecular flexibility index (Phi) is 72.4. The maximum atomic E-state index is 4.15. The van der Waals surface area contributed by atoms with Crippen molar-refractivity contribution in [2.45, 2.75) is 75.7 Å². The van der Waals surface area contributed by atoms with E-state index in [0.29, 0.717) is 0 Å². The van der Waals surface area contributed by atoms with E-state index in [1.807, 2.05) is 13.8 Å². The number of unbranched alkanes of at least 4 members (excludes halogenated alkanes) is 1. The van der Waals surface area contributed by atoms with Gasteiger partial charge in [0.1, 0.15) is 0 Å². The standard InChI is InChI=1S/C4H8NP.C4H10.C2H6.3CH4/c1-2-4-6-5-3-1;1-3-4-2;1-2;;;/h1-4H2;3-4H2,1-2H3;1-2H3;3*1H4. The lowest BCUT2D eigenvalue weighted by Crippen LogP contribution is -1.84. The maximum absolute atomic E-state index is 4.15. The van der Waals surface area contributed by atoms with Gasteiger partial charge in [0.05, 0.1) is 0 Å². The topological polar surface area (TPSA) is 12.4 Å². The lowest BCUT2D eigenvalue weighted by molar-refractivity contribution is 0.801. The first-order valence-electron chi connectivity index (χ1n) is 5.25. The van der Waals surface area contributed by atoms with Gasteiger partial charge in [0.25, 0.3) is 0 Å². The second-order valence-electron chi connectivity index (χ2n) is 2.44. The molecular formula is C13H36NP. The Balaban J connectivity index is -0.0000000339. The van der Waals surface area contributed by atoms with Gasteiger partial charge in [-0.15, -0.1) is 0 Å². The van der Waals surface area contributed by atoms with E-state index in [0.717, 1.165) is 6.54 Å². The Morgan fingerprint density at radius 2 is 1.40 bits per heavy atom. The smallest absolute Gasteiger partial charge is 0.0433 e. The summed E-state index contributed by atoms with van der Waals surface area (Å²) in [6.45, 7) is 9.47. The molecule has 0 unspecified atom stereocenters. The molecule has 0 aromatic heterocycles. The van der Waals surface area contributed by atoms with E-state index in [2.05, 4.69) is 18.6 Å². The van der Waals surface area contributed by atoms with Crippen LogP contribution in [0.5, 0.6) is 0 Å². The minimum absolute atomic E-state index is 0. The first-order valence-corrected chi connectivity index (χ1v) is 6.28. The molecule has 1 aliphatic heterocycles. The zero-order chi connectivity index (χ0) is 9.66. The van der Waals surface area contributed by atoms with Crippen molar-refractivity contribution in [1.29, 1.82) is 0 Å². The molecule has 0 spiro atoms. The van der Waals surface area contributed by atoms with Crippen LogP contribution in [0, 0.1) is 0 Å². The molecule has 1 nitrogen and oxygen atoms in total. The van der Waals surface area contributed by atoms with Crippen LogP contribution in [0.1, 0.15) is 75.7 Å². The zero-order valence-electron chi connectivity index (χ0n) is 9.14. The predicted molar refractivity (Wildman–Crippen MR) is 80.4 cm³/mol. The molecule has 1 heterocycles. The first-order chi connectivity index (χ1) is 5.91. The summed E-state index contributed by atoms with van der Waals surface area (Å²) >= 11 is 0. The third kappa shape index (κ3) is 41.0. The van der Waals surface area contributed by atoms with Gasteiger partial charge in [-0.2, -0.15) is 0 Å². The summed E-state index contributed by atoms with van der Waals surface area (Å²) in [6.07, 6.45) is 6.66. The highest BCUT2D eigenvalue weighted by Crippen LogP contribution is 2.10. The van der Waals surface area contributed by atoms with Gasteiger partial charge in [-0.1, -0.05) is 62.8 Å². The van der Waals surface area contributed by atoms with Crippen LogP contribution >= 0.6 is 8.37 Å². The Bertz CT molecular complexity index is 72.6. The summed E-state index contributed by atoms with van der Waals surface area (Å²) in [5.41, 5.74) is 0. The van der Waals surface area contributed by atoms with E-state index in [1.54, 1.807) is 0 Å². The maximum Gasteiger partial charge on any atom is 0.0433 e. The van der Waals surface area contributed by atoms with Gasteiger partial charge in [-0.25, -0.2) is 0 Å². The Hall–Kier alpha value is 0.100. The van der Waals surface area contributed by atoms with Gasteiger partial charge in [0.2, 0.25) is 0 Å². The number of rotatable bonds is 1. The normalized spacial score (nSPS) is 12.0. The van der Waals surface area contributed by atoms with Crippen LogP contribution in [-0.2, 0) is 0 Å². The molecule has 0 bridgehead atoms. The summed E-state index contributed by atoms with van der Waals surface area (Å²) in [5, 5.41) is 0. The molecule has 0 atom stereocenters. The van der Waals surface area contributed by atoms with E-state index in [9.17, 15) is 0 Å². The molecule has 15 heavy (non-hydrogen) atoms. The van der Waals surface area contributed by atoms with Crippen LogP contribution in [0.2, 0.25) is 0 Å². The van der Waals surface area contributed by atoms with Crippen molar-refractivity contribution in [3.8, 4) is 0 Å². The fraction of sp³-hybridized carbons (Fsp3) is 1.00. The van der Waals surface area contributed by atoms with Gasteiger partial charge in [0, 0.05) is 21.1 Å². The van der Waals surface area contributed by atoms with E-state index < -0.39 is 0 Å². The van der Waals surface area contributed by atoms with Crippen LogP contribution in [0.25, 0.3) is 0 Å². The van der Waals surface area contributed by atoms with E-state index in [4.69, 9.17) is 0 Å². The highest BCUT2D eigenvalue weighted by Gasteiger charge is 1.88. The average Bonchev–Trinajstić information content (AvgIpc) is 2.24. The van der Waals surface area contributed by atoms with Gasteiger partial charge >= 0.3 is 0 Å². The van der Waals surface area contributed by atoms with Crippen molar-refractivity contribution in [3.05, 3.63) is 0 Å². The quantitative estimate of drug-likeness (QED) is 0.453. The van der Waals surface area contributed by atoms with Crippen molar-refractivity contribution in [3.63, 3.8) is 0 Å². The lowest BCUT2D eigenvalue weighted by atomic mass is 10.3. The van der Waals surface area contributed by atoms with Crippen molar-refractivity contribution >= 4 is 8.37 Å². The molecule has 0 radical (unpaired) electrons. The molecule has 0 N–H and O–H groups in total. The van der Waals surface area contributed by atoms with E-state index in [1.165, 1.54) is 40.2 Å². The van der Waals surface area contributed by atoms with Gasteiger partial charge in [0.15, 0.2) is 0 Å². The molecule has 1 rings (SSSR count). The highest BCUT2D eigenvalue weighted by molar-refractivity contribution is 7.26. The lowest BCUT2D eigenvalue weighted by Gasteiger charge is -1.96. The minimum atomic E-state index is 0. The zero-order valence-corrected chi connectivity index (χ0v) is 10.0.